The molecule has 0 aliphatic heterocycles. The van der Waals surface area contributed by atoms with E-state index in [2.05, 4.69) is 4.98 Å². The van der Waals surface area contributed by atoms with E-state index in [1.54, 1.807) is 6.07 Å². The van der Waals surface area contributed by atoms with E-state index in [1.165, 1.54) is 17.4 Å². The normalized spacial score (nSPS) is 11.3. The number of H-pyrrole nitrogens is 1. The second kappa shape index (κ2) is 3.23. The molecule has 0 aliphatic rings. The Hall–Kier alpha value is -1.52. The van der Waals surface area contributed by atoms with Crippen LogP contribution in [0.2, 0.25) is 5.02 Å². The Morgan fingerprint density at radius 1 is 1.31 bits per heavy atom. The lowest BCUT2D eigenvalue weighted by atomic mass is 10.1. The Morgan fingerprint density at radius 3 is 2.94 bits per heavy atom. The summed E-state index contributed by atoms with van der Waals surface area (Å²) in [5, 5.41) is 13.3. The molecule has 0 atom stereocenters. The number of phenols is 1. The molecule has 0 radical (unpaired) electrons. The molecular weight excluding hydrogens is 246 g/mol. The lowest BCUT2D eigenvalue weighted by Crippen LogP contribution is -2.04. The minimum absolute atomic E-state index is 0.0945. The zero-order valence-corrected chi connectivity index (χ0v) is 9.52. The van der Waals surface area contributed by atoms with Crippen LogP contribution < -0.4 is 5.56 Å². The van der Waals surface area contributed by atoms with Gasteiger partial charge in [-0.15, -0.1) is 11.3 Å². The molecule has 2 aromatic heterocycles. The number of aromatic amines is 1. The summed E-state index contributed by atoms with van der Waals surface area (Å²) in [5.74, 6) is 0.0945. The average molecular weight is 252 g/mol. The molecule has 0 bridgehead atoms. The highest BCUT2D eigenvalue weighted by molar-refractivity contribution is 7.17. The van der Waals surface area contributed by atoms with Gasteiger partial charge < -0.3 is 10.1 Å². The molecule has 80 valence electrons. The standard InChI is InChI=1S/C11H6ClNO2S/c12-8-4-5(14)3-7-6-1-2-16-10(6)11(15)13-9(7)8/h1-4,14H,(H,13,15). The van der Waals surface area contributed by atoms with Crippen LogP contribution in [0.25, 0.3) is 21.0 Å². The number of phenolic OH excluding ortho intramolecular Hbond substituents is 1. The van der Waals surface area contributed by atoms with Crippen LogP contribution in [0, 0.1) is 0 Å². The number of thiophene rings is 1. The van der Waals surface area contributed by atoms with Crippen LogP contribution in [0.4, 0.5) is 0 Å². The van der Waals surface area contributed by atoms with Gasteiger partial charge in [0.25, 0.3) is 5.56 Å². The van der Waals surface area contributed by atoms with Crippen molar-refractivity contribution in [2.24, 2.45) is 0 Å². The third-order valence-corrected chi connectivity index (χ3v) is 3.69. The van der Waals surface area contributed by atoms with Gasteiger partial charge in [0, 0.05) is 16.8 Å². The monoisotopic (exact) mass is 251 g/mol. The van der Waals surface area contributed by atoms with Gasteiger partial charge in [-0.1, -0.05) is 11.6 Å². The van der Waals surface area contributed by atoms with Crippen LogP contribution in [-0.4, -0.2) is 10.1 Å². The molecule has 3 aromatic rings. The molecule has 2 N–H and O–H groups in total. The average Bonchev–Trinajstić information content (AvgIpc) is 2.69. The summed E-state index contributed by atoms with van der Waals surface area (Å²) in [7, 11) is 0. The summed E-state index contributed by atoms with van der Waals surface area (Å²) in [5.41, 5.74) is 0.417. The van der Waals surface area contributed by atoms with Gasteiger partial charge in [-0.25, -0.2) is 0 Å². The molecule has 1 aromatic carbocycles. The summed E-state index contributed by atoms with van der Waals surface area (Å²) >= 11 is 7.35. The first-order valence-electron chi connectivity index (χ1n) is 4.58. The number of hydrogen-bond donors (Lipinski definition) is 2. The lowest BCUT2D eigenvalue weighted by molar-refractivity contribution is 0.476. The Morgan fingerprint density at radius 2 is 2.12 bits per heavy atom. The number of fused-ring (bicyclic) bond motifs is 3. The van der Waals surface area contributed by atoms with Crippen molar-refractivity contribution in [2.45, 2.75) is 0 Å². The molecule has 0 fully saturated rings. The Labute approximate surface area is 98.9 Å². The molecule has 3 nitrogen and oxygen atoms in total. The quantitative estimate of drug-likeness (QED) is 0.645. The summed E-state index contributed by atoms with van der Waals surface area (Å²) in [6.07, 6.45) is 0. The first kappa shape index (κ1) is 9.69. The summed E-state index contributed by atoms with van der Waals surface area (Å²) in [6.45, 7) is 0. The summed E-state index contributed by atoms with van der Waals surface area (Å²) in [6, 6.07) is 4.87. The predicted molar refractivity (Wildman–Crippen MR) is 66.6 cm³/mol. The highest BCUT2D eigenvalue weighted by Gasteiger charge is 2.09. The van der Waals surface area contributed by atoms with Crippen molar-refractivity contribution in [1.29, 1.82) is 0 Å². The number of nitrogens with one attached hydrogen (secondary N) is 1. The van der Waals surface area contributed by atoms with Gasteiger partial charge in [0.15, 0.2) is 0 Å². The zero-order chi connectivity index (χ0) is 11.3. The predicted octanol–water partition coefficient (Wildman–Crippen LogP) is 3.10. The van der Waals surface area contributed by atoms with Crippen LogP contribution >= 0.6 is 22.9 Å². The number of halogens is 1. The Bertz CT molecular complexity index is 760. The van der Waals surface area contributed by atoms with Crippen molar-refractivity contribution >= 4 is 43.9 Å². The maximum Gasteiger partial charge on any atom is 0.266 e. The van der Waals surface area contributed by atoms with Crippen LogP contribution in [0.5, 0.6) is 5.75 Å². The van der Waals surface area contributed by atoms with Crippen molar-refractivity contribution in [2.75, 3.05) is 0 Å². The molecule has 0 amide bonds. The molecule has 0 saturated carbocycles. The maximum atomic E-state index is 11.7. The van der Waals surface area contributed by atoms with E-state index in [4.69, 9.17) is 11.6 Å². The molecule has 0 spiro atoms. The van der Waals surface area contributed by atoms with Crippen LogP contribution in [0.15, 0.2) is 28.4 Å². The van der Waals surface area contributed by atoms with E-state index in [-0.39, 0.29) is 11.3 Å². The van der Waals surface area contributed by atoms with Crippen molar-refractivity contribution in [3.63, 3.8) is 0 Å². The van der Waals surface area contributed by atoms with Gasteiger partial charge >= 0.3 is 0 Å². The van der Waals surface area contributed by atoms with E-state index >= 15 is 0 Å². The minimum atomic E-state index is -0.148. The number of aromatic nitrogens is 1. The molecule has 0 saturated heterocycles. The maximum absolute atomic E-state index is 11.7. The molecule has 2 heterocycles. The largest absolute Gasteiger partial charge is 0.508 e. The number of aromatic hydroxyl groups is 1. The number of rotatable bonds is 0. The summed E-state index contributed by atoms with van der Waals surface area (Å²) < 4.78 is 0.647. The molecular formula is C11H6ClNO2S. The van der Waals surface area contributed by atoms with Gasteiger partial charge in [-0.3, -0.25) is 4.79 Å². The van der Waals surface area contributed by atoms with Crippen molar-refractivity contribution in [3.05, 3.63) is 39.0 Å². The zero-order valence-electron chi connectivity index (χ0n) is 7.95. The second-order valence-corrected chi connectivity index (χ2v) is 4.79. The van der Waals surface area contributed by atoms with Gasteiger partial charge in [-0.2, -0.15) is 0 Å². The number of pyridine rings is 1. The Balaban J connectivity index is 2.69. The molecule has 0 aliphatic carbocycles. The third kappa shape index (κ3) is 1.24. The van der Waals surface area contributed by atoms with Crippen molar-refractivity contribution in [1.82, 2.24) is 4.98 Å². The molecule has 16 heavy (non-hydrogen) atoms. The van der Waals surface area contributed by atoms with E-state index < -0.39 is 0 Å². The van der Waals surface area contributed by atoms with Crippen LogP contribution in [-0.2, 0) is 0 Å². The third-order valence-electron chi connectivity index (χ3n) is 2.48. The Kier molecular flexibility index (Phi) is 1.96. The van der Waals surface area contributed by atoms with Gasteiger partial charge in [0.2, 0.25) is 0 Å². The summed E-state index contributed by atoms with van der Waals surface area (Å²) in [4.78, 5) is 14.5. The first-order chi connectivity index (χ1) is 7.66. The number of hydrogen-bond acceptors (Lipinski definition) is 3. The van der Waals surface area contributed by atoms with E-state index in [1.807, 2.05) is 11.4 Å². The highest BCUT2D eigenvalue weighted by atomic mass is 35.5. The van der Waals surface area contributed by atoms with Crippen LogP contribution in [0.1, 0.15) is 0 Å². The smallest absolute Gasteiger partial charge is 0.266 e. The SMILES string of the molecule is O=c1[nH]c2c(Cl)cc(O)cc2c2ccsc12. The fraction of sp³-hybridized carbons (Fsp3) is 0. The van der Waals surface area contributed by atoms with Crippen molar-refractivity contribution in [3.8, 4) is 5.75 Å². The van der Waals surface area contributed by atoms with E-state index in [0.717, 1.165) is 10.8 Å². The van der Waals surface area contributed by atoms with Crippen LogP contribution in [0.3, 0.4) is 0 Å². The minimum Gasteiger partial charge on any atom is -0.508 e. The van der Waals surface area contributed by atoms with Gasteiger partial charge in [0.1, 0.15) is 10.4 Å². The molecule has 5 heteroatoms. The number of benzene rings is 1. The highest BCUT2D eigenvalue weighted by Crippen LogP contribution is 2.32. The van der Waals surface area contributed by atoms with E-state index in [9.17, 15) is 9.90 Å². The fourth-order valence-corrected chi connectivity index (χ4v) is 2.86. The topological polar surface area (TPSA) is 53.1 Å². The lowest BCUT2D eigenvalue weighted by Gasteiger charge is -2.03. The van der Waals surface area contributed by atoms with E-state index in [0.29, 0.717) is 15.2 Å². The van der Waals surface area contributed by atoms with Gasteiger partial charge in [0.05, 0.1) is 10.5 Å². The van der Waals surface area contributed by atoms with Crippen molar-refractivity contribution < 1.29 is 5.11 Å². The fourth-order valence-electron chi connectivity index (χ4n) is 1.80. The molecule has 0 unspecified atom stereocenters. The first-order valence-corrected chi connectivity index (χ1v) is 5.84. The van der Waals surface area contributed by atoms with Gasteiger partial charge in [-0.05, 0) is 17.5 Å². The molecule has 3 rings (SSSR count). The second-order valence-electron chi connectivity index (χ2n) is 3.47.